The third-order valence-corrected chi connectivity index (χ3v) is 3.58. The molecule has 0 aliphatic heterocycles. The summed E-state index contributed by atoms with van der Waals surface area (Å²) in [6.07, 6.45) is 1.90. The summed E-state index contributed by atoms with van der Waals surface area (Å²) in [5.74, 6) is 1.28. The molecule has 2 heteroatoms. The molecule has 1 heterocycles. The smallest absolute Gasteiger partial charge is 0.0375 e. The molecule has 2 rings (SSSR count). The van der Waals surface area contributed by atoms with Gasteiger partial charge in [-0.25, -0.2) is 0 Å². The van der Waals surface area contributed by atoms with Gasteiger partial charge in [0.25, 0.3) is 0 Å². The fraction of sp³-hybridized carbons (Fsp3) is 0.583. The van der Waals surface area contributed by atoms with Gasteiger partial charge in [0.05, 0.1) is 0 Å². The van der Waals surface area contributed by atoms with E-state index in [9.17, 15) is 0 Å². The molecule has 1 aromatic rings. The van der Waals surface area contributed by atoms with Crippen LogP contribution in [-0.4, -0.2) is 11.5 Å². The van der Waals surface area contributed by atoms with Crippen LogP contribution in [0.1, 0.15) is 31.0 Å². The van der Waals surface area contributed by atoms with Crippen molar-refractivity contribution in [2.45, 2.75) is 26.7 Å². The summed E-state index contributed by atoms with van der Waals surface area (Å²) in [6.45, 7) is 7.42. The Balaban J connectivity index is 2.26. The summed E-state index contributed by atoms with van der Waals surface area (Å²) in [5.41, 5.74) is 8.64. The molecule has 0 radical (unpaired) electrons. The predicted octanol–water partition coefficient (Wildman–Crippen LogP) is 2.09. The van der Waals surface area contributed by atoms with Gasteiger partial charge in [-0.15, -0.1) is 0 Å². The lowest BCUT2D eigenvalue weighted by Crippen LogP contribution is -2.05. The summed E-state index contributed by atoms with van der Waals surface area (Å²) in [7, 11) is 0. The summed E-state index contributed by atoms with van der Waals surface area (Å²) >= 11 is 0. The normalized spacial score (nSPS) is 28.9. The van der Waals surface area contributed by atoms with Crippen molar-refractivity contribution in [2.24, 2.45) is 17.1 Å². The van der Waals surface area contributed by atoms with E-state index in [1.807, 2.05) is 13.1 Å². The topological polar surface area (TPSA) is 38.9 Å². The van der Waals surface area contributed by atoms with Gasteiger partial charge in [0, 0.05) is 11.9 Å². The molecular formula is C12H18N2. The standard InChI is InChI=1S/C12H18N2/c1-8-6-9(4-5-14-8)11-10(7-13)12(11,2)3/h4-6,10-11H,7,13H2,1-3H3/t10-,11-/m1/s1. The van der Waals surface area contributed by atoms with Crippen molar-refractivity contribution in [3.8, 4) is 0 Å². The SMILES string of the molecule is Cc1cc([C@@H]2[C@@H](CN)C2(C)C)ccn1. The second kappa shape index (κ2) is 3.06. The Morgan fingerprint density at radius 3 is 2.71 bits per heavy atom. The zero-order valence-corrected chi connectivity index (χ0v) is 9.12. The second-order valence-electron chi connectivity index (χ2n) is 4.87. The van der Waals surface area contributed by atoms with E-state index < -0.39 is 0 Å². The number of hydrogen-bond donors (Lipinski definition) is 1. The van der Waals surface area contributed by atoms with Crippen LogP contribution in [0, 0.1) is 18.3 Å². The number of aromatic nitrogens is 1. The van der Waals surface area contributed by atoms with Gasteiger partial charge in [0.1, 0.15) is 0 Å². The maximum Gasteiger partial charge on any atom is 0.0375 e. The molecule has 14 heavy (non-hydrogen) atoms. The Kier molecular flexibility index (Phi) is 2.11. The summed E-state index contributed by atoms with van der Waals surface area (Å²) in [4.78, 5) is 4.22. The van der Waals surface area contributed by atoms with Crippen molar-refractivity contribution in [2.75, 3.05) is 6.54 Å². The number of nitrogens with zero attached hydrogens (tertiary/aromatic N) is 1. The van der Waals surface area contributed by atoms with E-state index in [0.717, 1.165) is 12.2 Å². The van der Waals surface area contributed by atoms with E-state index in [4.69, 9.17) is 5.73 Å². The van der Waals surface area contributed by atoms with Gasteiger partial charge in [-0.05, 0) is 48.4 Å². The third kappa shape index (κ3) is 1.34. The van der Waals surface area contributed by atoms with Crippen molar-refractivity contribution in [3.05, 3.63) is 29.6 Å². The minimum atomic E-state index is 0.378. The van der Waals surface area contributed by atoms with Crippen LogP contribution < -0.4 is 5.73 Å². The lowest BCUT2D eigenvalue weighted by atomic mass is 10.0. The highest BCUT2D eigenvalue weighted by atomic mass is 14.7. The molecule has 0 bridgehead atoms. The molecule has 1 aliphatic rings. The maximum absolute atomic E-state index is 5.76. The monoisotopic (exact) mass is 190 g/mol. The fourth-order valence-corrected chi connectivity index (χ4v) is 2.61. The van der Waals surface area contributed by atoms with Gasteiger partial charge in [-0.2, -0.15) is 0 Å². The zero-order valence-electron chi connectivity index (χ0n) is 9.12. The predicted molar refractivity (Wildman–Crippen MR) is 58.0 cm³/mol. The first-order chi connectivity index (χ1) is 6.57. The summed E-state index contributed by atoms with van der Waals surface area (Å²) in [5, 5.41) is 0. The van der Waals surface area contributed by atoms with Crippen LogP contribution >= 0.6 is 0 Å². The van der Waals surface area contributed by atoms with E-state index >= 15 is 0 Å². The number of rotatable bonds is 2. The maximum atomic E-state index is 5.76. The van der Waals surface area contributed by atoms with Gasteiger partial charge >= 0.3 is 0 Å². The van der Waals surface area contributed by atoms with Gasteiger partial charge < -0.3 is 5.73 Å². The Hall–Kier alpha value is -0.890. The first-order valence-electron chi connectivity index (χ1n) is 5.20. The van der Waals surface area contributed by atoms with Crippen molar-refractivity contribution >= 4 is 0 Å². The van der Waals surface area contributed by atoms with E-state index in [-0.39, 0.29) is 0 Å². The first-order valence-corrected chi connectivity index (χ1v) is 5.20. The van der Waals surface area contributed by atoms with Crippen molar-refractivity contribution < 1.29 is 0 Å². The molecule has 2 N–H and O–H groups in total. The van der Waals surface area contributed by atoms with Crippen molar-refractivity contribution in [3.63, 3.8) is 0 Å². The molecule has 1 saturated carbocycles. The van der Waals surface area contributed by atoms with Crippen LogP contribution in [0.2, 0.25) is 0 Å². The lowest BCUT2D eigenvalue weighted by Gasteiger charge is -2.03. The Labute approximate surface area is 85.5 Å². The van der Waals surface area contributed by atoms with Crippen LogP contribution in [0.25, 0.3) is 0 Å². The van der Waals surface area contributed by atoms with Crippen molar-refractivity contribution in [1.82, 2.24) is 4.98 Å². The van der Waals surface area contributed by atoms with Gasteiger partial charge in [0.2, 0.25) is 0 Å². The number of pyridine rings is 1. The van der Waals surface area contributed by atoms with Crippen LogP contribution in [-0.2, 0) is 0 Å². The molecule has 0 spiro atoms. The highest BCUT2D eigenvalue weighted by Gasteiger charge is 2.57. The molecule has 76 valence electrons. The molecule has 0 saturated heterocycles. The molecule has 1 aliphatic carbocycles. The summed E-state index contributed by atoms with van der Waals surface area (Å²) in [6, 6.07) is 4.30. The minimum absolute atomic E-state index is 0.378. The second-order valence-corrected chi connectivity index (χ2v) is 4.87. The largest absolute Gasteiger partial charge is 0.330 e. The lowest BCUT2D eigenvalue weighted by molar-refractivity contribution is 0.558. The van der Waals surface area contributed by atoms with E-state index in [0.29, 0.717) is 17.3 Å². The molecular weight excluding hydrogens is 172 g/mol. The van der Waals surface area contributed by atoms with Gasteiger partial charge in [0.15, 0.2) is 0 Å². The molecule has 0 amide bonds. The highest BCUT2D eigenvalue weighted by molar-refractivity contribution is 5.31. The van der Waals surface area contributed by atoms with Crippen LogP contribution in [0.4, 0.5) is 0 Å². The Bertz CT molecular complexity index is 344. The number of nitrogens with two attached hydrogens (primary N) is 1. The Morgan fingerprint density at radius 1 is 1.50 bits per heavy atom. The number of hydrogen-bond acceptors (Lipinski definition) is 2. The molecule has 0 aromatic carbocycles. The van der Waals surface area contributed by atoms with Crippen molar-refractivity contribution in [1.29, 1.82) is 0 Å². The molecule has 1 aromatic heterocycles. The summed E-state index contributed by atoms with van der Waals surface area (Å²) < 4.78 is 0. The van der Waals surface area contributed by atoms with E-state index in [1.54, 1.807) is 0 Å². The molecule has 0 unspecified atom stereocenters. The quantitative estimate of drug-likeness (QED) is 0.775. The number of aryl methyl sites for hydroxylation is 1. The van der Waals surface area contributed by atoms with E-state index in [1.165, 1.54) is 5.56 Å². The first kappa shape index (κ1) is 9.66. The molecule has 1 fully saturated rings. The molecule has 2 nitrogen and oxygen atoms in total. The molecule has 2 atom stereocenters. The van der Waals surface area contributed by atoms with Gasteiger partial charge in [-0.3, -0.25) is 4.98 Å². The average molecular weight is 190 g/mol. The average Bonchev–Trinajstić information content (AvgIpc) is 2.68. The van der Waals surface area contributed by atoms with Gasteiger partial charge in [-0.1, -0.05) is 13.8 Å². The highest BCUT2D eigenvalue weighted by Crippen LogP contribution is 2.63. The van der Waals surface area contributed by atoms with Crippen LogP contribution in [0.3, 0.4) is 0 Å². The minimum Gasteiger partial charge on any atom is -0.330 e. The Morgan fingerprint density at radius 2 is 2.21 bits per heavy atom. The fourth-order valence-electron chi connectivity index (χ4n) is 2.61. The third-order valence-electron chi connectivity index (χ3n) is 3.58. The zero-order chi connectivity index (χ0) is 10.3. The van der Waals surface area contributed by atoms with Crippen LogP contribution in [0.5, 0.6) is 0 Å². The van der Waals surface area contributed by atoms with Crippen LogP contribution in [0.15, 0.2) is 18.3 Å². The van der Waals surface area contributed by atoms with E-state index in [2.05, 4.69) is 31.0 Å².